The van der Waals surface area contributed by atoms with E-state index in [0.29, 0.717) is 17.6 Å². The summed E-state index contributed by atoms with van der Waals surface area (Å²) in [6.07, 6.45) is 3.12. The molecule has 7 nitrogen and oxygen atoms in total. The molecular weight excluding hydrogens is 409 g/mol. The molecule has 0 aromatic heterocycles. The van der Waals surface area contributed by atoms with Gasteiger partial charge < -0.3 is 14.6 Å². The standard InChI is InChI=1S/C9H11NO2.2C4H6O2.C2H2Cl2/c1-7(6-10)4-5-8(2)9(11)12-3;1-3-4(5)6-2;1-3(2)4(5)6;1-2(3)4/h4H,2,5H2,1,3H3;3H,1H2,2H3;1H2,2H3,(H,5,6);1H2. The number of nitrogens with zero attached hydrogens (tertiary/aromatic N) is 1. The largest absolute Gasteiger partial charge is 0.478 e. The summed E-state index contributed by atoms with van der Waals surface area (Å²) in [7, 11) is 2.61. The van der Waals surface area contributed by atoms with Crippen molar-refractivity contribution in [2.45, 2.75) is 20.3 Å². The van der Waals surface area contributed by atoms with E-state index in [1.165, 1.54) is 21.1 Å². The molecule has 0 amide bonds. The number of hydrogen-bond acceptors (Lipinski definition) is 6. The lowest BCUT2D eigenvalue weighted by molar-refractivity contribution is -0.136. The van der Waals surface area contributed by atoms with Crippen LogP contribution in [0, 0.1) is 11.3 Å². The Hall–Kier alpha value is -2.82. The molecule has 0 heterocycles. The van der Waals surface area contributed by atoms with Gasteiger partial charge in [-0.2, -0.15) is 5.26 Å². The molecule has 9 heteroatoms. The zero-order valence-electron chi connectivity index (χ0n) is 16.4. The number of ether oxygens (including phenoxy) is 2. The van der Waals surface area contributed by atoms with Crippen LogP contribution in [-0.4, -0.2) is 37.2 Å². The molecule has 0 aliphatic rings. The molecule has 0 unspecified atom stereocenters. The second kappa shape index (κ2) is 22.2. The molecule has 0 fully saturated rings. The second-order valence-electron chi connectivity index (χ2n) is 4.45. The Morgan fingerprint density at radius 3 is 1.68 bits per heavy atom. The minimum atomic E-state index is -0.935. The summed E-state index contributed by atoms with van der Waals surface area (Å²) in [6, 6.07) is 1.95. The van der Waals surface area contributed by atoms with Gasteiger partial charge in [0.1, 0.15) is 0 Å². The van der Waals surface area contributed by atoms with Crippen LogP contribution < -0.4 is 0 Å². The topological polar surface area (TPSA) is 114 Å². The van der Waals surface area contributed by atoms with Crippen molar-refractivity contribution >= 4 is 41.1 Å². The van der Waals surface area contributed by atoms with Crippen LogP contribution in [0.3, 0.4) is 0 Å². The number of esters is 2. The van der Waals surface area contributed by atoms with E-state index < -0.39 is 17.9 Å². The minimum absolute atomic E-state index is 0.111. The zero-order valence-corrected chi connectivity index (χ0v) is 17.9. The number of nitriles is 1. The summed E-state index contributed by atoms with van der Waals surface area (Å²) >= 11 is 9.69. The van der Waals surface area contributed by atoms with Gasteiger partial charge in [-0.15, -0.1) is 0 Å². The number of carbonyl (C=O) groups excluding carboxylic acids is 2. The molecule has 0 aliphatic carbocycles. The zero-order chi connectivity index (χ0) is 23.3. The highest BCUT2D eigenvalue weighted by molar-refractivity contribution is 6.55. The highest BCUT2D eigenvalue weighted by atomic mass is 35.5. The fourth-order valence-electron chi connectivity index (χ4n) is 0.633. The molecule has 156 valence electrons. The molecule has 0 aliphatic heterocycles. The monoisotopic (exact) mass is 433 g/mol. The first-order chi connectivity index (χ1) is 12.8. The lowest BCUT2D eigenvalue weighted by Gasteiger charge is -1.98. The van der Waals surface area contributed by atoms with Crippen LogP contribution in [0.5, 0.6) is 0 Å². The SMILES string of the molecule is C=C(C)C(=O)O.C=C(CC=C(C)C#N)C(=O)OC.C=C(Cl)Cl.C=CC(=O)OC. The normalized spacial score (nSPS) is 8.39. The third kappa shape index (κ3) is 34.5. The number of carboxylic acids is 1. The number of hydrogen-bond donors (Lipinski definition) is 1. The van der Waals surface area contributed by atoms with Crippen LogP contribution in [0.1, 0.15) is 20.3 Å². The van der Waals surface area contributed by atoms with Crippen molar-refractivity contribution in [3.8, 4) is 6.07 Å². The van der Waals surface area contributed by atoms with Gasteiger partial charge in [-0.25, -0.2) is 14.4 Å². The first-order valence-corrected chi connectivity index (χ1v) is 7.98. The van der Waals surface area contributed by atoms with Crippen LogP contribution >= 0.6 is 23.2 Å². The third-order valence-corrected chi connectivity index (χ3v) is 2.04. The van der Waals surface area contributed by atoms with E-state index in [2.05, 4.69) is 35.8 Å². The van der Waals surface area contributed by atoms with Gasteiger partial charge in [-0.3, -0.25) is 0 Å². The van der Waals surface area contributed by atoms with Crippen molar-refractivity contribution in [3.63, 3.8) is 0 Å². The smallest absolute Gasteiger partial charge is 0.333 e. The summed E-state index contributed by atoms with van der Waals surface area (Å²) in [4.78, 5) is 30.2. The molecule has 0 saturated carbocycles. The molecule has 0 radical (unpaired) electrons. The molecule has 0 atom stereocenters. The Labute approximate surface area is 175 Å². The predicted molar refractivity (Wildman–Crippen MR) is 111 cm³/mol. The quantitative estimate of drug-likeness (QED) is 0.385. The van der Waals surface area contributed by atoms with Crippen LogP contribution in [0.2, 0.25) is 0 Å². The molecule has 1 N–H and O–H groups in total. The summed E-state index contributed by atoms with van der Waals surface area (Å²) in [5.41, 5.74) is 1.10. The van der Waals surface area contributed by atoms with Gasteiger partial charge in [0.05, 0.1) is 24.8 Å². The number of aliphatic carboxylic acids is 1. The van der Waals surface area contributed by atoms with Gasteiger partial charge >= 0.3 is 17.9 Å². The molecular formula is C19H25Cl2NO6. The van der Waals surface area contributed by atoms with E-state index in [1.807, 2.05) is 6.07 Å². The Kier molecular flexibility index (Phi) is 26.0. The maximum Gasteiger partial charge on any atom is 0.333 e. The Morgan fingerprint density at radius 1 is 1.11 bits per heavy atom. The Morgan fingerprint density at radius 2 is 1.50 bits per heavy atom. The molecule has 0 bridgehead atoms. The van der Waals surface area contributed by atoms with Crippen molar-refractivity contribution in [2.75, 3.05) is 14.2 Å². The van der Waals surface area contributed by atoms with Gasteiger partial charge in [0.25, 0.3) is 0 Å². The lowest BCUT2D eigenvalue weighted by atomic mass is 10.1. The van der Waals surface area contributed by atoms with Crippen molar-refractivity contribution in [3.05, 3.63) is 59.7 Å². The van der Waals surface area contributed by atoms with E-state index in [9.17, 15) is 14.4 Å². The van der Waals surface area contributed by atoms with Crippen molar-refractivity contribution in [2.24, 2.45) is 0 Å². The average molecular weight is 434 g/mol. The number of carboxylic acid groups (broad SMARTS) is 1. The van der Waals surface area contributed by atoms with Gasteiger partial charge in [0.15, 0.2) is 0 Å². The van der Waals surface area contributed by atoms with Crippen molar-refractivity contribution in [1.29, 1.82) is 5.26 Å². The van der Waals surface area contributed by atoms with Gasteiger partial charge in [-0.05, 0) is 20.3 Å². The highest BCUT2D eigenvalue weighted by Gasteiger charge is 2.03. The second-order valence-corrected chi connectivity index (χ2v) is 5.56. The van der Waals surface area contributed by atoms with E-state index in [-0.39, 0.29) is 10.1 Å². The number of halogens is 2. The number of allylic oxidation sites excluding steroid dienone is 2. The molecule has 0 spiro atoms. The van der Waals surface area contributed by atoms with E-state index in [0.717, 1.165) is 6.08 Å². The summed E-state index contributed by atoms with van der Waals surface area (Å²) < 4.78 is 8.68. The number of rotatable bonds is 5. The van der Waals surface area contributed by atoms with Gasteiger partial charge in [0, 0.05) is 22.8 Å². The number of carbonyl (C=O) groups is 3. The first kappa shape index (κ1) is 32.8. The number of methoxy groups -OCH3 is 2. The average Bonchev–Trinajstić information content (AvgIpc) is 2.64. The van der Waals surface area contributed by atoms with Gasteiger partial charge in [-0.1, -0.05) is 55.6 Å². The molecule has 0 saturated heterocycles. The van der Waals surface area contributed by atoms with E-state index >= 15 is 0 Å². The highest BCUT2D eigenvalue weighted by Crippen LogP contribution is 2.03. The van der Waals surface area contributed by atoms with Crippen LogP contribution in [0.15, 0.2) is 59.7 Å². The predicted octanol–water partition coefficient (Wildman–Crippen LogP) is 4.50. The maximum absolute atomic E-state index is 10.8. The van der Waals surface area contributed by atoms with Crippen molar-refractivity contribution < 1.29 is 29.0 Å². The van der Waals surface area contributed by atoms with E-state index in [4.69, 9.17) is 33.6 Å². The lowest BCUT2D eigenvalue weighted by Crippen LogP contribution is -2.02. The van der Waals surface area contributed by atoms with Crippen LogP contribution in [0.25, 0.3) is 0 Å². The molecule has 28 heavy (non-hydrogen) atoms. The first-order valence-electron chi connectivity index (χ1n) is 7.22. The molecule has 0 aromatic rings. The van der Waals surface area contributed by atoms with Crippen LogP contribution in [0.4, 0.5) is 0 Å². The summed E-state index contributed by atoms with van der Waals surface area (Å²) in [5, 5.41) is 16.3. The minimum Gasteiger partial charge on any atom is -0.478 e. The molecule has 0 aromatic carbocycles. The fraction of sp³-hybridized carbons (Fsp3) is 0.263. The molecule has 0 rings (SSSR count). The Balaban J connectivity index is -0.000000152. The van der Waals surface area contributed by atoms with E-state index in [1.54, 1.807) is 13.0 Å². The van der Waals surface area contributed by atoms with Crippen LogP contribution in [-0.2, 0) is 23.9 Å². The summed E-state index contributed by atoms with van der Waals surface area (Å²) in [6.45, 7) is 16.0. The Bertz CT molecular complexity index is 627. The third-order valence-electron chi connectivity index (χ3n) is 2.04. The maximum atomic E-state index is 10.8. The van der Waals surface area contributed by atoms with Crippen molar-refractivity contribution in [1.82, 2.24) is 0 Å². The summed E-state index contributed by atoms with van der Waals surface area (Å²) in [5.74, 6) is -1.76. The van der Waals surface area contributed by atoms with Gasteiger partial charge in [0.2, 0.25) is 0 Å². The fourth-order valence-corrected chi connectivity index (χ4v) is 0.633.